The van der Waals surface area contributed by atoms with Crippen LogP contribution in [-0.4, -0.2) is 19.2 Å². The molecule has 0 aliphatic carbocycles. The molecule has 0 heterocycles. The average Bonchev–Trinajstić information content (AvgIpc) is 2.41. The molecule has 1 aromatic carbocycles. The Balaban J connectivity index is 0.00000154. The summed E-state index contributed by atoms with van der Waals surface area (Å²) in [6, 6.07) is 5.05. The van der Waals surface area contributed by atoms with Crippen LogP contribution in [0.1, 0.15) is 33.6 Å². The molecule has 5 heteroatoms. The Bertz CT molecular complexity index is 381. The number of hydrogen-bond acceptors (Lipinski definition) is 3. The summed E-state index contributed by atoms with van der Waals surface area (Å²) in [6.07, 6.45) is 0.967. The van der Waals surface area contributed by atoms with Gasteiger partial charge in [0, 0.05) is 12.5 Å². The number of esters is 1. The van der Waals surface area contributed by atoms with Crippen LogP contribution in [0.4, 0.5) is 0 Å². The highest BCUT2D eigenvalue weighted by Crippen LogP contribution is 2.26. The minimum Gasteiger partial charge on any atom is -0.494 e. The van der Waals surface area contributed by atoms with Crippen LogP contribution in [0.15, 0.2) is 18.2 Å². The van der Waals surface area contributed by atoms with Crippen LogP contribution in [0.5, 0.6) is 5.75 Å². The third kappa shape index (κ3) is 7.96. The van der Waals surface area contributed by atoms with Crippen LogP contribution >= 0.6 is 23.2 Å². The van der Waals surface area contributed by atoms with Gasteiger partial charge < -0.3 is 9.47 Å². The van der Waals surface area contributed by atoms with Crippen molar-refractivity contribution in [2.75, 3.05) is 13.2 Å². The van der Waals surface area contributed by atoms with E-state index in [1.807, 2.05) is 13.8 Å². The summed E-state index contributed by atoms with van der Waals surface area (Å²) >= 11 is 11.6. The lowest BCUT2D eigenvalue weighted by atomic mass is 10.3. The van der Waals surface area contributed by atoms with E-state index in [4.69, 9.17) is 32.7 Å². The lowest BCUT2D eigenvalue weighted by molar-refractivity contribution is -0.143. The van der Waals surface area contributed by atoms with Crippen molar-refractivity contribution in [2.24, 2.45) is 0 Å². The molecule has 19 heavy (non-hydrogen) atoms. The van der Waals surface area contributed by atoms with Crippen molar-refractivity contribution in [3.63, 3.8) is 0 Å². The van der Waals surface area contributed by atoms with Gasteiger partial charge in [0.1, 0.15) is 5.75 Å². The molecule has 0 aliphatic rings. The Kier molecular flexibility index (Phi) is 10.4. The number of carbonyl (C=O) groups is 1. The zero-order chi connectivity index (χ0) is 14.7. The van der Waals surface area contributed by atoms with Crippen molar-refractivity contribution in [3.05, 3.63) is 28.2 Å². The minimum atomic E-state index is -0.203. The predicted molar refractivity (Wildman–Crippen MR) is 79.2 cm³/mol. The largest absolute Gasteiger partial charge is 0.494 e. The van der Waals surface area contributed by atoms with Gasteiger partial charge in [0.05, 0.1) is 23.3 Å². The van der Waals surface area contributed by atoms with E-state index in [9.17, 15) is 4.79 Å². The Labute approximate surface area is 124 Å². The molecule has 0 saturated carbocycles. The summed E-state index contributed by atoms with van der Waals surface area (Å²) in [5.41, 5.74) is 0. The van der Waals surface area contributed by atoms with E-state index in [0.717, 1.165) is 0 Å². The molecular weight excluding hydrogens is 287 g/mol. The van der Waals surface area contributed by atoms with Crippen LogP contribution in [0.25, 0.3) is 0 Å². The molecule has 0 radical (unpaired) electrons. The first-order valence-corrected chi connectivity index (χ1v) is 7.12. The summed E-state index contributed by atoms with van der Waals surface area (Å²) in [5.74, 6) is 0.438. The maximum Gasteiger partial charge on any atom is 0.305 e. The van der Waals surface area contributed by atoms with Crippen LogP contribution in [0, 0.1) is 0 Å². The molecule has 3 nitrogen and oxygen atoms in total. The first kappa shape index (κ1) is 18.1. The van der Waals surface area contributed by atoms with Gasteiger partial charge in [-0.2, -0.15) is 0 Å². The predicted octanol–water partition coefficient (Wildman–Crippen LogP) is 4.74. The summed E-state index contributed by atoms with van der Waals surface area (Å²) in [6.45, 7) is 6.63. The van der Waals surface area contributed by atoms with Gasteiger partial charge in [-0.1, -0.05) is 37.0 Å². The third-order valence-corrected chi connectivity index (χ3v) is 2.73. The van der Waals surface area contributed by atoms with E-state index < -0.39 is 0 Å². The van der Waals surface area contributed by atoms with E-state index in [0.29, 0.717) is 41.9 Å². The number of ether oxygens (including phenoxy) is 2. The standard InChI is InChI=1S/C12H14Cl2O3.C2H6/c1-2-16-12(15)4-3-7-17-9-5-6-10(13)11(14)8-9;1-2/h5-6,8H,2-4,7H2,1H3;1-2H3. The molecule has 0 unspecified atom stereocenters. The maximum absolute atomic E-state index is 11.0. The number of rotatable bonds is 6. The molecule has 108 valence electrons. The van der Waals surface area contributed by atoms with Crippen molar-refractivity contribution in [1.82, 2.24) is 0 Å². The van der Waals surface area contributed by atoms with Crippen LogP contribution in [-0.2, 0) is 9.53 Å². The van der Waals surface area contributed by atoms with Gasteiger partial charge in [-0.15, -0.1) is 0 Å². The van der Waals surface area contributed by atoms with E-state index in [-0.39, 0.29) is 5.97 Å². The Morgan fingerprint density at radius 3 is 2.47 bits per heavy atom. The van der Waals surface area contributed by atoms with Crippen molar-refractivity contribution in [2.45, 2.75) is 33.6 Å². The normalized spacial score (nSPS) is 9.32. The van der Waals surface area contributed by atoms with Gasteiger partial charge in [-0.25, -0.2) is 0 Å². The molecule has 1 aromatic rings. The van der Waals surface area contributed by atoms with E-state index >= 15 is 0 Å². The fourth-order valence-electron chi connectivity index (χ4n) is 1.21. The average molecular weight is 307 g/mol. The van der Waals surface area contributed by atoms with Gasteiger partial charge >= 0.3 is 5.97 Å². The monoisotopic (exact) mass is 306 g/mol. The summed E-state index contributed by atoms with van der Waals surface area (Å²) in [5, 5.41) is 0.945. The molecule has 0 fully saturated rings. The SMILES string of the molecule is CC.CCOC(=O)CCCOc1ccc(Cl)c(Cl)c1. The fraction of sp³-hybridized carbons (Fsp3) is 0.500. The Hall–Kier alpha value is -0.930. The molecule has 0 amide bonds. The second-order valence-corrected chi connectivity index (χ2v) is 4.15. The highest BCUT2D eigenvalue weighted by molar-refractivity contribution is 6.42. The molecule has 1 rings (SSSR count). The molecule has 0 saturated heterocycles. The first-order valence-electron chi connectivity index (χ1n) is 6.37. The van der Waals surface area contributed by atoms with Crippen LogP contribution < -0.4 is 4.74 Å². The highest BCUT2D eigenvalue weighted by atomic mass is 35.5. The lowest BCUT2D eigenvalue weighted by Crippen LogP contribution is -2.06. The first-order chi connectivity index (χ1) is 9.13. The second kappa shape index (κ2) is 10.9. The van der Waals surface area contributed by atoms with E-state index in [2.05, 4.69) is 0 Å². The smallest absolute Gasteiger partial charge is 0.305 e. The molecule has 0 atom stereocenters. The van der Waals surface area contributed by atoms with Gasteiger partial charge in [-0.05, 0) is 25.5 Å². The summed E-state index contributed by atoms with van der Waals surface area (Å²) < 4.78 is 10.2. The van der Waals surface area contributed by atoms with Crippen molar-refractivity contribution < 1.29 is 14.3 Å². The summed E-state index contributed by atoms with van der Waals surface area (Å²) in [4.78, 5) is 11.0. The molecule has 0 aliphatic heterocycles. The Morgan fingerprint density at radius 1 is 1.21 bits per heavy atom. The number of carbonyl (C=O) groups excluding carboxylic acids is 1. The van der Waals surface area contributed by atoms with Crippen molar-refractivity contribution >= 4 is 29.2 Å². The molecule has 0 bridgehead atoms. The summed E-state index contributed by atoms with van der Waals surface area (Å²) in [7, 11) is 0. The maximum atomic E-state index is 11.0. The Morgan fingerprint density at radius 2 is 1.89 bits per heavy atom. The van der Waals surface area contributed by atoms with Crippen LogP contribution in [0.3, 0.4) is 0 Å². The van der Waals surface area contributed by atoms with Crippen molar-refractivity contribution in [1.29, 1.82) is 0 Å². The van der Waals surface area contributed by atoms with Crippen molar-refractivity contribution in [3.8, 4) is 5.75 Å². The minimum absolute atomic E-state index is 0.203. The van der Waals surface area contributed by atoms with Gasteiger partial charge in [0.15, 0.2) is 0 Å². The molecule has 0 spiro atoms. The third-order valence-electron chi connectivity index (χ3n) is 1.99. The number of hydrogen-bond donors (Lipinski definition) is 0. The topological polar surface area (TPSA) is 35.5 Å². The molecule has 0 N–H and O–H groups in total. The highest BCUT2D eigenvalue weighted by Gasteiger charge is 2.03. The number of benzene rings is 1. The molecular formula is C14H20Cl2O3. The van der Waals surface area contributed by atoms with E-state index in [1.54, 1.807) is 25.1 Å². The lowest BCUT2D eigenvalue weighted by Gasteiger charge is -2.06. The fourth-order valence-corrected chi connectivity index (χ4v) is 1.49. The van der Waals surface area contributed by atoms with E-state index in [1.165, 1.54) is 0 Å². The van der Waals surface area contributed by atoms with Gasteiger partial charge in [-0.3, -0.25) is 4.79 Å². The van der Waals surface area contributed by atoms with Gasteiger partial charge in [0.2, 0.25) is 0 Å². The zero-order valence-corrected chi connectivity index (χ0v) is 13.1. The van der Waals surface area contributed by atoms with Gasteiger partial charge in [0.25, 0.3) is 0 Å². The van der Waals surface area contributed by atoms with Crippen LogP contribution in [0.2, 0.25) is 10.0 Å². The quantitative estimate of drug-likeness (QED) is 0.562. The molecule has 0 aromatic heterocycles. The number of halogens is 2. The zero-order valence-electron chi connectivity index (χ0n) is 11.5. The second-order valence-electron chi connectivity index (χ2n) is 3.33.